The van der Waals surface area contributed by atoms with Crippen LogP contribution in [0.15, 0.2) is 54.7 Å². The third-order valence-electron chi connectivity index (χ3n) is 5.64. The molecule has 0 bridgehead atoms. The highest BCUT2D eigenvalue weighted by Crippen LogP contribution is 2.33. The van der Waals surface area contributed by atoms with Crippen molar-refractivity contribution < 1.29 is 9.59 Å². The molecule has 0 unspecified atom stereocenters. The van der Waals surface area contributed by atoms with Gasteiger partial charge in [0.2, 0.25) is 11.8 Å². The summed E-state index contributed by atoms with van der Waals surface area (Å²) in [5, 5.41) is 0.717. The molecule has 2 aromatic rings. The van der Waals surface area contributed by atoms with E-state index in [0.29, 0.717) is 18.1 Å². The molecule has 2 amide bonds. The maximum Gasteiger partial charge on any atom is 0.225 e. The van der Waals surface area contributed by atoms with Crippen LogP contribution < -0.4 is 4.90 Å². The maximum absolute atomic E-state index is 13.1. The van der Waals surface area contributed by atoms with Crippen molar-refractivity contribution in [3.8, 4) is 0 Å². The molecule has 0 aromatic heterocycles. The molecule has 2 aromatic carbocycles. The molecule has 6 heteroatoms. The summed E-state index contributed by atoms with van der Waals surface area (Å²) in [7, 11) is 0. The zero-order chi connectivity index (χ0) is 20.4. The number of amides is 2. The number of rotatable bonds is 3. The van der Waals surface area contributed by atoms with Crippen molar-refractivity contribution in [3.05, 3.63) is 70.9 Å². The van der Waals surface area contributed by atoms with E-state index in [2.05, 4.69) is 4.90 Å². The highest BCUT2D eigenvalue weighted by molar-refractivity contribution is 6.30. The van der Waals surface area contributed by atoms with E-state index in [1.54, 1.807) is 18.0 Å². The largest absolute Gasteiger partial charge is 0.368 e. The van der Waals surface area contributed by atoms with Crippen molar-refractivity contribution in [1.82, 2.24) is 9.80 Å². The van der Waals surface area contributed by atoms with Gasteiger partial charge in [-0.05, 0) is 35.4 Å². The van der Waals surface area contributed by atoms with Crippen molar-refractivity contribution in [2.75, 3.05) is 31.1 Å². The van der Waals surface area contributed by atoms with Crippen LogP contribution in [0.5, 0.6) is 0 Å². The fraction of sp³-hybridized carbons (Fsp3) is 0.304. The molecule has 1 atom stereocenters. The van der Waals surface area contributed by atoms with Crippen LogP contribution in [0.1, 0.15) is 30.5 Å². The topological polar surface area (TPSA) is 43.9 Å². The van der Waals surface area contributed by atoms with Crippen LogP contribution in [-0.4, -0.2) is 47.8 Å². The average Bonchev–Trinajstić information content (AvgIpc) is 2.74. The molecule has 0 N–H and O–H groups in total. The highest BCUT2D eigenvalue weighted by atomic mass is 35.5. The molecular formula is C23H24ClN3O2. The van der Waals surface area contributed by atoms with Crippen molar-refractivity contribution in [1.29, 1.82) is 0 Å². The Hall–Kier alpha value is -2.79. The molecule has 29 heavy (non-hydrogen) atoms. The number of carbonyl (C=O) groups is 2. The second-order valence-corrected chi connectivity index (χ2v) is 7.88. The quantitative estimate of drug-likeness (QED) is 0.770. The van der Waals surface area contributed by atoms with Gasteiger partial charge in [0.1, 0.15) is 0 Å². The number of hydrogen-bond donors (Lipinski definition) is 0. The molecular weight excluding hydrogens is 386 g/mol. The van der Waals surface area contributed by atoms with Crippen LogP contribution in [0.4, 0.5) is 5.69 Å². The summed E-state index contributed by atoms with van der Waals surface area (Å²) < 4.78 is 0. The Labute approximate surface area is 176 Å². The van der Waals surface area contributed by atoms with Crippen LogP contribution in [0.25, 0.3) is 6.08 Å². The number of carbonyl (C=O) groups excluding carboxylic acids is 2. The van der Waals surface area contributed by atoms with E-state index in [9.17, 15) is 9.59 Å². The van der Waals surface area contributed by atoms with Gasteiger partial charge in [-0.2, -0.15) is 0 Å². The van der Waals surface area contributed by atoms with Gasteiger partial charge in [-0.3, -0.25) is 9.59 Å². The molecule has 1 fully saturated rings. The lowest BCUT2D eigenvalue weighted by Crippen LogP contribution is -2.49. The number of halogens is 1. The predicted octanol–water partition coefficient (Wildman–Crippen LogP) is 3.95. The summed E-state index contributed by atoms with van der Waals surface area (Å²) in [6, 6.07) is 15.5. The maximum atomic E-state index is 13.1. The number of benzene rings is 2. The molecule has 0 saturated carbocycles. The van der Waals surface area contributed by atoms with E-state index in [4.69, 9.17) is 11.6 Å². The van der Waals surface area contributed by atoms with E-state index in [-0.39, 0.29) is 24.3 Å². The second-order valence-electron chi connectivity index (χ2n) is 7.44. The summed E-state index contributed by atoms with van der Waals surface area (Å²) in [5.74, 6) is 0.0245. The van der Waals surface area contributed by atoms with Gasteiger partial charge in [0.05, 0.1) is 12.5 Å². The van der Waals surface area contributed by atoms with E-state index in [1.165, 1.54) is 0 Å². The smallest absolute Gasteiger partial charge is 0.225 e. The Morgan fingerprint density at radius 1 is 1.03 bits per heavy atom. The molecule has 150 valence electrons. The Morgan fingerprint density at radius 2 is 1.79 bits per heavy atom. The van der Waals surface area contributed by atoms with Gasteiger partial charge in [-0.15, -0.1) is 0 Å². The van der Waals surface area contributed by atoms with E-state index in [0.717, 1.165) is 29.9 Å². The Kier molecular flexibility index (Phi) is 5.58. The van der Waals surface area contributed by atoms with Gasteiger partial charge in [0, 0.05) is 50.0 Å². The molecule has 2 aliphatic heterocycles. The molecule has 1 saturated heterocycles. The van der Waals surface area contributed by atoms with Gasteiger partial charge in [0.15, 0.2) is 0 Å². The summed E-state index contributed by atoms with van der Waals surface area (Å²) in [6.07, 6.45) is 4.01. The third kappa shape index (κ3) is 4.15. The van der Waals surface area contributed by atoms with Crippen LogP contribution in [0.3, 0.4) is 0 Å². The first-order valence-corrected chi connectivity index (χ1v) is 10.2. The summed E-state index contributed by atoms with van der Waals surface area (Å²) in [5.41, 5.74) is 3.17. The first-order chi connectivity index (χ1) is 14.0. The van der Waals surface area contributed by atoms with E-state index in [1.807, 2.05) is 59.5 Å². The minimum absolute atomic E-state index is 0.0562. The monoisotopic (exact) mass is 409 g/mol. The van der Waals surface area contributed by atoms with E-state index >= 15 is 0 Å². The van der Waals surface area contributed by atoms with Crippen molar-refractivity contribution in [2.45, 2.75) is 19.4 Å². The molecule has 0 radical (unpaired) electrons. The standard InChI is InChI=1S/C23H24ClN3O2/c1-17(28)27-10-9-18-5-2-3-8-21(18)22(27)16-23(29)26-13-11-25(12-14-26)20-7-4-6-19(24)15-20/h2-10,15,22H,11-14,16H2,1H3/t22-/m1/s1. The van der Waals surface area contributed by atoms with Crippen LogP contribution in [-0.2, 0) is 9.59 Å². The van der Waals surface area contributed by atoms with Crippen molar-refractivity contribution in [2.24, 2.45) is 0 Å². The van der Waals surface area contributed by atoms with Gasteiger partial charge >= 0.3 is 0 Å². The lowest BCUT2D eigenvalue weighted by molar-refractivity contribution is -0.134. The summed E-state index contributed by atoms with van der Waals surface area (Å²) in [4.78, 5) is 31.0. The third-order valence-corrected chi connectivity index (χ3v) is 5.88. The number of nitrogens with zero attached hydrogens (tertiary/aromatic N) is 3. The molecule has 5 nitrogen and oxygen atoms in total. The SMILES string of the molecule is CC(=O)N1C=Cc2ccccc2[C@H]1CC(=O)N1CCN(c2cccc(Cl)c2)CC1. The van der Waals surface area contributed by atoms with E-state index < -0.39 is 0 Å². The molecule has 0 aliphatic carbocycles. The fourth-order valence-electron chi connectivity index (χ4n) is 4.09. The van der Waals surface area contributed by atoms with Crippen molar-refractivity contribution >= 4 is 35.2 Å². The lowest BCUT2D eigenvalue weighted by Gasteiger charge is -2.38. The number of hydrogen-bond acceptors (Lipinski definition) is 3. The predicted molar refractivity (Wildman–Crippen MR) is 116 cm³/mol. The summed E-state index contributed by atoms with van der Waals surface area (Å²) >= 11 is 6.10. The zero-order valence-corrected chi connectivity index (χ0v) is 17.2. The number of anilines is 1. The van der Waals surface area contributed by atoms with Gasteiger partial charge in [0.25, 0.3) is 0 Å². The van der Waals surface area contributed by atoms with Gasteiger partial charge in [-0.25, -0.2) is 0 Å². The number of piperazine rings is 1. The van der Waals surface area contributed by atoms with Gasteiger partial charge in [-0.1, -0.05) is 41.9 Å². The Bertz CT molecular complexity index is 951. The first kappa shape index (κ1) is 19.5. The minimum Gasteiger partial charge on any atom is -0.368 e. The van der Waals surface area contributed by atoms with Gasteiger partial charge < -0.3 is 14.7 Å². The lowest BCUT2D eigenvalue weighted by atomic mass is 9.93. The summed E-state index contributed by atoms with van der Waals surface area (Å²) in [6.45, 7) is 4.40. The first-order valence-electron chi connectivity index (χ1n) is 9.87. The molecule has 2 aliphatic rings. The average molecular weight is 410 g/mol. The fourth-order valence-corrected chi connectivity index (χ4v) is 4.28. The van der Waals surface area contributed by atoms with Crippen LogP contribution >= 0.6 is 11.6 Å². The van der Waals surface area contributed by atoms with Crippen LogP contribution in [0, 0.1) is 0 Å². The van der Waals surface area contributed by atoms with Crippen molar-refractivity contribution in [3.63, 3.8) is 0 Å². The minimum atomic E-state index is -0.257. The van der Waals surface area contributed by atoms with Crippen LogP contribution in [0.2, 0.25) is 5.02 Å². The molecule has 4 rings (SSSR count). The zero-order valence-electron chi connectivity index (χ0n) is 16.4. The Balaban J connectivity index is 1.44. The molecule has 0 spiro atoms. The normalized spacial score (nSPS) is 18.6. The highest BCUT2D eigenvalue weighted by Gasteiger charge is 2.31. The molecule has 2 heterocycles. The Morgan fingerprint density at radius 3 is 2.52 bits per heavy atom. The second kappa shape index (κ2) is 8.29. The number of fused-ring (bicyclic) bond motifs is 1.